The summed E-state index contributed by atoms with van der Waals surface area (Å²) in [7, 11) is 0. The Morgan fingerprint density at radius 3 is 2.26 bits per heavy atom. The third-order valence-corrected chi connectivity index (χ3v) is 4.06. The standard InChI is InChI=1S/C17H21F3O3/c1-2-22-16(21)13-5-9-15(10-6-13)23-11-12-3-7-14(8-4-12)17(18,19)20/h3-4,7-8,13,15H,2,5-6,9-11H2,1H3. The van der Waals surface area contributed by atoms with Crippen molar-refractivity contribution in [1.82, 2.24) is 0 Å². The zero-order chi connectivity index (χ0) is 16.9. The van der Waals surface area contributed by atoms with E-state index in [1.165, 1.54) is 12.1 Å². The summed E-state index contributed by atoms with van der Waals surface area (Å²) in [6.07, 6.45) is -1.27. The molecular weight excluding hydrogens is 309 g/mol. The molecule has 1 aromatic rings. The molecule has 3 nitrogen and oxygen atoms in total. The Kier molecular flexibility index (Phi) is 6.04. The summed E-state index contributed by atoms with van der Waals surface area (Å²) in [5, 5.41) is 0. The minimum Gasteiger partial charge on any atom is -0.466 e. The van der Waals surface area contributed by atoms with Gasteiger partial charge in [0.1, 0.15) is 0 Å². The van der Waals surface area contributed by atoms with Crippen molar-refractivity contribution in [2.45, 2.75) is 51.5 Å². The number of benzene rings is 1. The molecule has 0 spiro atoms. The van der Waals surface area contributed by atoms with Crippen LogP contribution in [0.1, 0.15) is 43.7 Å². The molecule has 0 amide bonds. The molecule has 0 bridgehead atoms. The van der Waals surface area contributed by atoms with Gasteiger partial charge in [-0.25, -0.2) is 0 Å². The normalized spacial score (nSPS) is 21.9. The Morgan fingerprint density at radius 2 is 1.74 bits per heavy atom. The fourth-order valence-corrected chi connectivity index (χ4v) is 2.73. The lowest BCUT2D eigenvalue weighted by Crippen LogP contribution is -2.27. The summed E-state index contributed by atoms with van der Waals surface area (Å²) in [6, 6.07) is 5.01. The highest BCUT2D eigenvalue weighted by Crippen LogP contribution is 2.30. The van der Waals surface area contributed by atoms with Crippen LogP contribution in [0.5, 0.6) is 0 Å². The molecule has 128 valence electrons. The molecule has 1 aliphatic rings. The van der Waals surface area contributed by atoms with E-state index in [-0.39, 0.29) is 24.6 Å². The number of hydrogen-bond acceptors (Lipinski definition) is 3. The average Bonchev–Trinajstić information content (AvgIpc) is 2.53. The minimum absolute atomic E-state index is 0.0444. The maximum Gasteiger partial charge on any atom is 0.416 e. The molecule has 0 aliphatic heterocycles. The molecule has 1 aromatic carbocycles. The van der Waals surface area contributed by atoms with Crippen LogP contribution in [-0.2, 0) is 27.1 Å². The van der Waals surface area contributed by atoms with E-state index in [4.69, 9.17) is 9.47 Å². The predicted molar refractivity (Wildman–Crippen MR) is 78.6 cm³/mol. The average molecular weight is 330 g/mol. The molecule has 2 rings (SSSR count). The largest absolute Gasteiger partial charge is 0.466 e. The van der Waals surface area contributed by atoms with Crippen LogP contribution in [0.2, 0.25) is 0 Å². The quantitative estimate of drug-likeness (QED) is 0.753. The van der Waals surface area contributed by atoms with Crippen molar-refractivity contribution in [3.8, 4) is 0 Å². The van der Waals surface area contributed by atoms with Crippen LogP contribution in [0.3, 0.4) is 0 Å². The van der Waals surface area contributed by atoms with Gasteiger partial charge in [0, 0.05) is 0 Å². The molecule has 0 aromatic heterocycles. The van der Waals surface area contributed by atoms with Gasteiger partial charge in [0.25, 0.3) is 0 Å². The van der Waals surface area contributed by atoms with Gasteiger partial charge in [-0.3, -0.25) is 4.79 Å². The first-order valence-electron chi connectivity index (χ1n) is 7.84. The molecule has 0 radical (unpaired) electrons. The zero-order valence-electron chi connectivity index (χ0n) is 13.1. The Hall–Kier alpha value is -1.56. The first-order valence-corrected chi connectivity index (χ1v) is 7.84. The first-order chi connectivity index (χ1) is 10.9. The fourth-order valence-electron chi connectivity index (χ4n) is 2.73. The maximum absolute atomic E-state index is 12.5. The van der Waals surface area contributed by atoms with Crippen molar-refractivity contribution in [1.29, 1.82) is 0 Å². The Bertz CT molecular complexity index is 503. The highest BCUT2D eigenvalue weighted by atomic mass is 19.4. The SMILES string of the molecule is CCOC(=O)C1CCC(OCc2ccc(C(F)(F)F)cc2)CC1. The summed E-state index contributed by atoms with van der Waals surface area (Å²) in [6.45, 7) is 2.47. The second-order valence-corrected chi connectivity index (χ2v) is 5.73. The third kappa shape index (κ3) is 5.23. The van der Waals surface area contributed by atoms with Gasteiger partial charge in [0.2, 0.25) is 0 Å². The summed E-state index contributed by atoms with van der Waals surface area (Å²) < 4.78 is 48.2. The number of carbonyl (C=O) groups excluding carboxylic acids is 1. The van der Waals surface area contributed by atoms with E-state index in [1.807, 2.05) is 0 Å². The van der Waals surface area contributed by atoms with Gasteiger partial charge >= 0.3 is 12.1 Å². The van der Waals surface area contributed by atoms with E-state index in [1.54, 1.807) is 6.92 Å². The topological polar surface area (TPSA) is 35.5 Å². The highest BCUT2D eigenvalue weighted by molar-refractivity contribution is 5.72. The third-order valence-electron chi connectivity index (χ3n) is 4.06. The predicted octanol–water partition coefficient (Wildman–Crippen LogP) is 4.34. The second kappa shape index (κ2) is 7.81. The molecule has 1 saturated carbocycles. The smallest absolute Gasteiger partial charge is 0.416 e. The van der Waals surface area contributed by atoms with E-state index in [9.17, 15) is 18.0 Å². The van der Waals surface area contributed by atoms with Gasteiger partial charge in [0.05, 0.1) is 30.8 Å². The number of alkyl halides is 3. The van der Waals surface area contributed by atoms with Crippen LogP contribution < -0.4 is 0 Å². The van der Waals surface area contributed by atoms with Gasteiger partial charge in [-0.2, -0.15) is 13.2 Å². The Morgan fingerprint density at radius 1 is 1.13 bits per heavy atom. The summed E-state index contributed by atoms with van der Waals surface area (Å²) in [5.41, 5.74) is 0.0571. The molecule has 23 heavy (non-hydrogen) atoms. The lowest BCUT2D eigenvalue weighted by molar-refractivity contribution is -0.150. The Labute approximate surface area is 133 Å². The number of esters is 1. The molecule has 0 unspecified atom stereocenters. The van der Waals surface area contributed by atoms with E-state index in [2.05, 4.69) is 0 Å². The van der Waals surface area contributed by atoms with Crippen LogP contribution in [0.25, 0.3) is 0 Å². The van der Waals surface area contributed by atoms with E-state index < -0.39 is 11.7 Å². The van der Waals surface area contributed by atoms with Crippen LogP contribution in [0, 0.1) is 5.92 Å². The van der Waals surface area contributed by atoms with Crippen molar-refractivity contribution in [2.75, 3.05) is 6.61 Å². The second-order valence-electron chi connectivity index (χ2n) is 5.73. The molecule has 0 saturated heterocycles. The van der Waals surface area contributed by atoms with Gasteiger partial charge in [-0.1, -0.05) is 12.1 Å². The van der Waals surface area contributed by atoms with Crippen molar-refractivity contribution in [2.24, 2.45) is 5.92 Å². The number of ether oxygens (including phenoxy) is 2. The molecule has 1 aliphatic carbocycles. The lowest BCUT2D eigenvalue weighted by Gasteiger charge is -2.27. The van der Waals surface area contributed by atoms with Gasteiger partial charge in [0.15, 0.2) is 0 Å². The number of rotatable bonds is 5. The van der Waals surface area contributed by atoms with Gasteiger partial charge < -0.3 is 9.47 Å². The molecule has 1 fully saturated rings. The van der Waals surface area contributed by atoms with Crippen molar-refractivity contribution < 1.29 is 27.4 Å². The van der Waals surface area contributed by atoms with E-state index in [0.29, 0.717) is 12.2 Å². The van der Waals surface area contributed by atoms with Crippen LogP contribution in [0.4, 0.5) is 13.2 Å². The highest BCUT2D eigenvalue weighted by Gasteiger charge is 2.30. The van der Waals surface area contributed by atoms with Crippen molar-refractivity contribution >= 4 is 5.97 Å². The van der Waals surface area contributed by atoms with Crippen LogP contribution in [0.15, 0.2) is 24.3 Å². The summed E-state index contributed by atoms with van der Waals surface area (Å²) in [4.78, 5) is 11.6. The van der Waals surface area contributed by atoms with E-state index in [0.717, 1.165) is 37.8 Å². The van der Waals surface area contributed by atoms with Crippen molar-refractivity contribution in [3.05, 3.63) is 35.4 Å². The van der Waals surface area contributed by atoms with Gasteiger partial charge in [-0.05, 0) is 50.3 Å². The summed E-state index contributed by atoms with van der Waals surface area (Å²) in [5.74, 6) is -0.199. The molecule has 6 heteroatoms. The van der Waals surface area contributed by atoms with Gasteiger partial charge in [-0.15, -0.1) is 0 Å². The lowest BCUT2D eigenvalue weighted by atomic mass is 9.87. The molecule has 0 heterocycles. The summed E-state index contributed by atoms with van der Waals surface area (Å²) >= 11 is 0. The van der Waals surface area contributed by atoms with Crippen LogP contribution in [-0.4, -0.2) is 18.7 Å². The van der Waals surface area contributed by atoms with E-state index >= 15 is 0 Å². The minimum atomic E-state index is -4.31. The van der Waals surface area contributed by atoms with Crippen LogP contribution >= 0.6 is 0 Å². The van der Waals surface area contributed by atoms with Crippen molar-refractivity contribution in [3.63, 3.8) is 0 Å². The number of carbonyl (C=O) groups is 1. The molecule has 0 N–H and O–H groups in total. The number of hydrogen-bond donors (Lipinski definition) is 0. The molecular formula is C17H21F3O3. The Balaban J connectivity index is 1.76. The fraction of sp³-hybridized carbons (Fsp3) is 0.588. The monoisotopic (exact) mass is 330 g/mol. The molecule has 0 atom stereocenters. The first kappa shape index (κ1) is 17.8. The zero-order valence-corrected chi connectivity index (χ0v) is 13.1. The number of halogens is 3. The maximum atomic E-state index is 12.5.